The lowest BCUT2D eigenvalue weighted by Gasteiger charge is -2.15. The van der Waals surface area contributed by atoms with Crippen LogP contribution in [0.3, 0.4) is 0 Å². The number of hydrogen-bond acceptors (Lipinski definition) is 7. The number of nitrogens with zero attached hydrogens (tertiary/aromatic N) is 2. The molecule has 0 radical (unpaired) electrons. The van der Waals surface area contributed by atoms with Crippen molar-refractivity contribution in [3.05, 3.63) is 69.3 Å². The van der Waals surface area contributed by atoms with Crippen molar-refractivity contribution in [1.82, 2.24) is 4.90 Å². The minimum Gasteiger partial charge on any atom is -0.325 e. The molecule has 1 N–H and O–H groups in total. The Kier molecular flexibility index (Phi) is 5.29. The Balaban J connectivity index is 1.49. The summed E-state index contributed by atoms with van der Waals surface area (Å²) in [6.07, 6.45) is 0. The normalized spacial score (nSPS) is 16.2. The second-order valence-corrected chi connectivity index (χ2v) is 9.12. The zero-order chi connectivity index (χ0) is 20.5. The summed E-state index contributed by atoms with van der Waals surface area (Å²) >= 11 is 3.69. The summed E-state index contributed by atoms with van der Waals surface area (Å²) in [7, 11) is 0. The van der Waals surface area contributed by atoms with Gasteiger partial charge in [0.1, 0.15) is 12.1 Å². The SMILES string of the molecule is O=C(CN1C(=O)c2cccc([N+](=O)[O-])c2C1=O)Nc1cccc(C2SCCS2)c1. The molecule has 4 rings (SSSR count). The molecule has 10 heteroatoms. The molecule has 1 saturated heterocycles. The molecule has 2 aromatic carbocycles. The van der Waals surface area contributed by atoms with Gasteiger partial charge in [-0.05, 0) is 23.8 Å². The first-order chi connectivity index (χ1) is 14.0. The van der Waals surface area contributed by atoms with Crippen LogP contribution < -0.4 is 5.32 Å². The van der Waals surface area contributed by atoms with E-state index in [-0.39, 0.29) is 11.1 Å². The van der Waals surface area contributed by atoms with Gasteiger partial charge in [0.2, 0.25) is 5.91 Å². The van der Waals surface area contributed by atoms with Crippen LogP contribution in [0.15, 0.2) is 42.5 Å². The van der Waals surface area contributed by atoms with Gasteiger partial charge in [0.25, 0.3) is 17.5 Å². The average Bonchev–Trinajstić information content (AvgIpc) is 3.32. The summed E-state index contributed by atoms with van der Waals surface area (Å²) in [6, 6.07) is 11.3. The van der Waals surface area contributed by atoms with Gasteiger partial charge in [0.05, 0.1) is 15.1 Å². The minimum absolute atomic E-state index is 0.0609. The number of amides is 3. The van der Waals surface area contributed by atoms with Crippen LogP contribution in [0, 0.1) is 10.1 Å². The van der Waals surface area contributed by atoms with Crippen molar-refractivity contribution in [2.75, 3.05) is 23.4 Å². The van der Waals surface area contributed by atoms with E-state index in [0.717, 1.165) is 28.0 Å². The van der Waals surface area contributed by atoms with Crippen LogP contribution in [-0.2, 0) is 4.79 Å². The third kappa shape index (κ3) is 3.73. The van der Waals surface area contributed by atoms with E-state index in [9.17, 15) is 24.5 Å². The van der Waals surface area contributed by atoms with Crippen molar-refractivity contribution in [2.24, 2.45) is 0 Å². The molecule has 0 aliphatic carbocycles. The molecule has 2 heterocycles. The highest BCUT2D eigenvalue weighted by Crippen LogP contribution is 2.45. The van der Waals surface area contributed by atoms with Crippen molar-refractivity contribution in [3.8, 4) is 0 Å². The molecule has 2 aromatic rings. The number of thioether (sulfide) groups is 2. The second kappa shape index (κ2) is 7.88. The van der Waals surface area contributed by atoms with Crippen LogP contribution in [0.4, 0.5) is 11.4 Å². The van der Waals surface area contributed by atoms with E-state index in [4.69, 9.17) is 0 Å². The Morgan fingerprint density at radius 2 is 1.86 bits per heavy atom. The number of rotatable bonds is 5. The monoisotopic (exact) mass is 429 g/mol. The fraction of sp³-hybridized carbons (Fsp3) is 0.211. The number of carbonyl (C=O) groups is 3. The van der Waals surface area contributed by atoms with Gasteiger partial charge in [-0.25, -0.2) is 0 Å². The van der Waals surface area contributed by atoms with Crippen molar-refractivity contribution in [3.63, 3.8) is 0 Å². The molecule has 0 aromatic heterocycles. The molecule has 0 unspecified atom stereocenters. The van der Waals surface area contributed by atoms with E-state index in [1.807, 2.05) is 41.7 Å². The minimum atomic E-state index is -0.833. The topological polar surface area (TPSA) is 110 Å². The van der Waals surface area contributed by atoms with E-state index in [2.05, 4.69) is 5.32 Å². The second-order valence-electron chi connectivity index (χ2n) is 6.40. The van der Waals surface area contributed by atoms with Gasteiger partial charge in [-0.2, -0.15) is 0 Å². The van der Waals surface area contributed by atoms with E-state index in [0.29, 0.717) is 10.3 Å². The van der Waals surface area contributed by atoms with E-state index in [1.54, 1.807) is 6.07 Å². The standard InChI is InChI=1S/C19H15N3O5S2/c23-15(20-12-4-1-3-11(9-12)19-28-7-8-29-19)10-21-17(24)13-5-2-6-14(22(26)27)16(13)18(21)25/h1-6,9,19H,7-8,10H2,(H,20,23). The van der Waals surface area contributed by atoms with Crippen molar-refractivity contribution >= 4 is 52.6 Å². The maximum atomic E-state index is 12.6. The van der Waals surface area contributed by atoms with Crippen LogP contribution in [0.25, 0.3) is 0 Å². The van der Waals surface area contributed by atoms with Crippen molar-refractivity contribution < 1.29 is 19.3 Å². The van der Waals surface area contributed by atoms with Crippen LogP contribution >= 0.6 is 23.5 Å². The lowest BCUT2D eigenvalue weighted by atomic mass is 10.1. The average molecular weight is 429 g/mol. The molecule has 2 aliphatic rings. The van der Waals surface area contributed by atoms with Gasteiger partial charge >= 0.3 is 0 Å². The zero-order valence-electron chi connectivity index (χ0n) is 15.0. The summed E-state index contributed by atoms with van der Waals surface area (Å²) in [5.41, 5.74) is 0.889. The molecular weight excluding hydrogens is 414 g/mol. The lowest BCUT2D eigenvalue weighted by molar-refractivity contribution is -0.385. The number of benzene rings is 2. The highest BCUT2D eigenvalue weighted by molar-refractivity contribution is 8.19. The Morgan fingerprint density at radius 3 is 2.59 bits per heavy atom. The number of imide groups is 1. The number of anilines is 1. The van der Waals surface area contributed by atoms with Crippen LogP contribution in [-0.4, -0.2) is 45.6 Å². The molecule has 2 aliphatic heterocycles. The molecule has 29 heavy (non-hydrogen) atoms. The van der Waals surface area contributed by atoms with E-state index < -0.39 is 34.9 Å². The molecule has 0 atom stereocenters. The summed E-state index contributed by atoms with van der Waals surface area (Å²) in [4.78, 5) is 48.7. The first-order valence-corrected chi connectivity index (χ1v) is 10.8. The molecule has 0 bridgehead atoms. The predicted molar refractivity (Wildman–Crippen MR) is 111 cm³/mol. The van der Waals surface area contributed by atoms with Gasteiger partial charge < -0.3 is 5.32 Å². The number of nitro benzene ring substituents is 1. The molecule has 0 saturated carbocycles. The van der Waals surface area contributed by atoms with Gasteiger partial charge in [-0.15, -0.1) is 23.5 Å². The van der Waals surface area contributed by atoms with Crippen molar-refractivity contribution in [1.29, 1.82) is 0 Å². The van der Waals surface area contributed by atoms with E-state index in [1.165, 1.54) is 12.1 Å². The van der Waals surface area contributed by atoms with Gasteiger partial charge in [-0.1, -0.05) is 18.2 Å². The van der Waals surface area contributed by atoms with Crippen molar-refractivity contribution in [2.45, 2.75) is 4.58 Å². The van der Waals surface area contributed by atoms with Gasteiger partial charge in [-0.3, -0.25) is 29.4 Å². The Labute approximate surface area is 174 Å². The fourth-order valence-electron chi connectivity index (χ4n) is 3.27. The van der Waals surface area contributed by atoms with E-state index >= 15 is 0 Å². The summed E-state index contributed by atoms with van der Waals surface area (Å²) in [5.74, 6) is 0.0673. The maximum Gasteiger partial charge on any atom is 0.282 e. The molecule has 148 valence electrons. The quantitative estimate of drug-likeness (QED) is 0.441. The highest BCUT2D eigenvalue weighted by Gasteiger charge is 2.41. The molecule has 1 fully saturated rings. The first-order valence-electron chi connectivity index (χ1n) is 8.72. The third-order valence-corrected chi connectivity index (χ3v) is 7.64. The molecule has 0 spiro atoms. The maximum absolute atomic E-state index is 12.6. The third-order valence-electron chi connectivity index (χ3n) is 4.54. The first kappa shape index (κ1) is 19.5. The predicted octanol–water partition coefficient (Wildman–Crippen LogP) is 3.31. The number of fused-ring (bicyclic) bond motifs is 1. The zero-order valence-corrected chi connectivity index (χ0v) is 16.6. The van der Waals surface area contributed by atoms with Crippen LogP contribution in [0.5, 0.6) is 0 Å². The number of nitrogens with one attached hydrogen (secondary N) is 1. The Bertz CT molecular complexity index is 1040. The lowest BCUT2D eigenvalue weighted by Crippen LogP contribution is -2.37. The summed E-state index contributed by atoms with van der Waals surface area (Å²) in [5, 5.41) is 13.9. The molecular formula is C19H15N3O5S2. The van der Waals surface area contributed by atoms with Gasteiger partial charge in [0.15, 0.2) is 0 Å². The largest absolute Gasteiger partial charge is 0.325 e. The fourth-order valence-corrected chi connectivity index (χ4v) is 6.11. The summed E-state index contributed by atoms with van der Waals surface area (Å²) < 4.78 is 0.323. The molecule has 3 amide bonds. The highest BCUT2D eigenvalue weighted by atomic mass is 32.2. The smallest absolute Gasteiger partial charge is 0.282 e. The Morgan fingerprint density at radius 1 is 1.14 bits per heavy atom. The van der Waals surface area contributed by atoms with Crippen LogP contribution in [0.2, 0.25) is 0 Å². The Hall–Kier alpha value is -2.85. The van der Waals surface area contributed by atoms with Crippen LogP contribution in [0.1, 0.15) is 30.9 Å². The number of nitro groups is 1. The summed E-state index contributed by atoms with van der Waals surface area (Å²) in [6.45, 7) is -0.513. The van der Waals surface area contributed by atoms with Gasteiger partial charge in [0, 0.05) is 23.3 Å². The number of hydrogen-bond donors (Lipinski definition) is 1. The molecule has 8 nitrogen and oxygen atoms in total. The number of carbonyl (C=O) groups excluding carboxylic acids is 3.